The van der Waals surface area contributed by atoms with Gasteiger partial charge in [-0.3, -0.25) is 0 Å². The van der Waals surface area contributed by atoms with Gasteiger partial charge in [0.15, 0.2) is 0 Å². The molecule has 0 atom stereocenters. The van der Waals surface area contributed by atoms with E-state index in [1.54, 1.807) is 0 Å². The summed E-state index contributed by atoms with van der Waals surface area (Å²) in [6.45, 7) is 0. The smallest absolute Gasteiger partial charge is 0.0740 e. The number of thiophene rings is 2. The molecule has 3 heteroatoms. The van der Waals surface area contributed by atoms with Crippen molar-refractivity contribution < 1.29 is 0 Å². The number of fused-ring (bicyclic) bond motifs is 15. The van der Waals surface area contributed by atoms with E-state index >= 15 is 0 Å². The van der Waals surface area contributed by atoms with Crippen LogP contribution in [0.1, 0.15) is 22.3 Å². The van der Waals surface area contributed by atoms with Gasteiger partial charge < -0.3 is 4.90 Å². The van der Waals surface area contributed by atoms with Crippen LogP contribution in [-0.4, -0.2) is 0 Å². The standard InChI is InChI=1S/C45H27NS2/c1-2-12-28(13-3-1)46(30-22-24-34-33-16-6-10-20-40(33)47-42(34)27-30)29-23-25-39-36(26-29)44-43(35-17-7-11-21-41(35)48-44)45(39)37-18-8-4-14-31(37)32-15-5-9-19-38(32)45/h1-27H. The first kappa shape index (κ1) is 26.6. The van der Waals surface area contributed by atoms with Crippen LogP contribution >= 0.6 is 22.7 Å². The minimum absolute atomic E-state index is 0.358. The molecular weight excluding hydrogens is 619 g/mol. The zero-order valence-corrected chi connectivity index (χ0v) is 27.5. The Hall–Kier alpha value is -5.48. The van der Waals surface area contributed by atoms with Crippen molar-refractivity contribution in [2.75, 3.05) is 4.90 Å². The highest BCUT2D eigenvalue weighted by Crippen LogP contribution is 2.66. The fourth-order valence-corrected chi connectivity index (χ4v) is 11.0. The Morgan fingerprint density at radius 2 is 0.938 bits per heavy atom. The molecule has 2 heterocycles. The van der Waals surface area contributed by atoms with Gasteiger partial charge in [0.05, 0.1) is 5.41 Å². The molecule has 0 saturated carbocycles. The molecule has 2 aliphatic rings. The van der Waals surface area contributed by atoms with Crippen LogP contribution in [0.2, 0.25) is 0 Å². The summed E-state index contributed by atoms with van der Waals surface area (Å²) < 4.78 is 3.98. The van der Waals surface area contributed by atoms with Crippen molar-refractivity contribution in [1.82, 2.24) is 0 Å². The molecule has 0 unspecified atom stereocenters. The summed E-state index contributed by atoms with van der Waals surface area (Å²) in [4.78, 5) is 3.81. The van der Waals surface area contributed by atoms with Crippen molar-refractivity contribution in [3.63, 3.8) is 0 Å². The molecule has 2 aromatic heterocycles. The van der Waals surface area contributed by atoms with Crippen LogP contribution in [0.25, 0.3) is 51.8 Å². The zero-order chi connectivity index (χ0) is 31.4. The number of hydrogen-bond acceptors (Lipinski definition) is 3. The van der Waals surface area contributed by atoms with Gasteiger partial charge in [-0.1, -0.05) is 115 Å². The molecule has 48 heavy (non-hydrogen) atoms. The van der Waals surface area contributed by atoms with Crippen LogP contribution < -0.4 is 4.90 Å². The highest BCUT2D eigenvalue weighted by Gasteiger charge is 2.53. The lowest BCUT2D eigenvalue weighted by Gasteiger charge is -2.31. The third-order valence-corrected chi connectivity index (χ3v) is 12.8. The van der Waals surface area contributed by atoms with Crippen LogP contribution in [0.15, 0.2) is 164 Å². The first-order chi connectivity index (χ1) is 23.8. The van der Waals surface area contributed by atoms with Crippen LogP contribution in [0.4, 0.5) is 17.1 Å². The average molecular weight is 646 g/mol. The van der Waals surface area contributed by atoms with Crippen molar-refractivity contribution in [2.24, 2.45) is 0 Å². The first-order valence-electron chi connectivity index (χ1n) is 16.4. The monoisotopic (exact) mass is 645 g/mol. The molecule has 0 fully saturated rings. The van der Waals surface area contributed by atoms with E-state index in [0.717, 1.165) is 5.69 Å². The molecule has 0 saturated heterocycles. The molecule has 9 aromatic rings. The maximum atomic E-state index is 2.46. The number of anilines is 3. The Morgan fingerprint density at radius 3 is 1.71 bits per heavy atom. The SMILES string of the molecule is c1ccc(N(c2ccc3c(c2)-c2sc4ccccc4c2C32c3ccccc3-c3ccccc32)c2ccc3c(c2)sc2ccccc23)cc1. The van der Waals surface area contributed by atoms with Crippen molar-refractivity contribution in [3.05, 3.63) is 186 Å². The normalized spacial score (nSPS) is 13.6. The second-order valence-electron chi connectivity index (χ2n) is 12.8. The van der Waals surface area contributed by atoms with Gasteiger partial charge in [-0.05, 0) is 92.9 Å². The molecular formula is C45H27NS2. The Bertz CT molecular complexity index is 2700. The second-order valence-corrected chi connectivity index (χ2v) is 15.0. The summed E-state index contributed by atoms with van der Waals surface area (Å²) >= 11 is 3.81. The van der Waals surface area contributed by atoms with E-state index in [1.165, 1.54) is 85.5 Å². The maximum Gasteiger partial charge on any atom is 0.0740 e. The molecule has 224 valence electrons. The van der Waals surface area contributed by atoms with Gasteiger partial charge in [-0.15, -0.1) is 22.7 Å². The molecule has 7 aromatic carbocycles. The average Bonchev–Trinajstić information content (AvgIpc) is 3.87. The topological polar surface area (TPSA) is 3.24 Å². The fourth-order valence-electron chi connectivity index (χ4n) is 8.60. The second kappa shape index (κ2) is 9.77. The molecule has 0 amide bonds. The summed E-state index contributed by atoms with van der Waals surface area (Å²) in [6.07, 6.45) is 0. The van der Waals surface area contributed by atoms with E-state index in [-0.39, 0.29) is 5.41 Å². The lowest BCUT2D eigenvalue weighted by atomic mass is 9.70. The van der Waals surface area contributed by atoms with Gasteiger partial charge in [0, 0.05) is 46.8 Å². The van der Waals surface area contributed by atoms with E-state index in [9.17, 15) is 0 Å². The highest BCUT2D eigenvalue weighted by atomic mass is 32.1. The quantitative estimate of drug-likeness (QED) is 0.185. The minimum atomic E-state index is -0.358. The molecule has 1 spiro atoms. The Labute approximate surface area is 286 Å². The van der Waals surface area contributed by atoms with E-state index < -0.39 is 0 Å². The first-order valence-corrected chi connectivity index (χ1v) is 18.1. The Morgan fingerprint density at radius 1 is 0.375 bits per heavy atom. The maximum absolute atomic E-state index is 2.46. The number of para-hydroxylation sites is 1. The predicted molar refractivity (Wildman–Crippen MR) is 206 cm³/mol. The molecule has 0 bridgehead atoms. The highest BCUT2D eigenvalue weighted by molar-refractivity contribution is 7.25. The molecule has 0 N–H and O–H groups in total. The van der Waals surface area contributed by atoms with Crippen LogP contribution in [-0.2, 0) is 5.41 Å². The molecule has 0 radical (unpaired) electrons. The van der Waals surface area contributed by atoms with Crippen LogP contribution in [0.5, 0.6) is 0 Å². The number of rotatable bonds is 3. The third-order valence-electron chi connectivity index (χ3n) is 10.5. The van der Waals surface area contributed by atoms with Gasteiger partial charge in [-0.25, -0.2) is 0 Å². The van der Waals surface area contributed by atoms with Crippen LogP contribution in [0, 0.1) is 0 Å². The summed E-state index contributed by atoms with van der Waals surface area (Å²) in [5, 5.41) is 4.00. The zero-order valence-electron chi connectivity index (χ0n) is 25.9. The van der Waals surface area contributed by atoms with E-state index in [2.05, 4.69) is 169 Å². The summed E-state index contributed by atoms with van der Waals surface area (Å²) in [5.41, 5.74) is 12.7. The predicted octanol–water partition coefficient (Wildman–Crippen LogP) is 13.1. The lowest BCUT2D eigenvalue weighted by Crippen LogP contribution is -2.25. The number of benzene rings is 7. The Kier molecular flexibility index (Phi) is 5.41. The van der Waals surface area contributed by atoms with Crippen LogP contribution in [0.3, 0.4) is 0 Å². The largest absolute Gasteiger partial charge is 0.310 e. The van der Waals surface area contributed by atoms with Crippen molar-refractivity contribution in [1.29, 1.82) is 0 Å². The minimum Gasteiger partial charge on any atom is -0.310 e. The third kappa shape index (κ3) is 3.40. The van der Waals surface area contributed by atoms with Gasteiger partial charge in [-0.2, -0.15) is 0 Å². The van der Waals surface area contributed by atoms with Gasteiger partial charge in [0.2, 0.25) is 0 Å². The van der Waals surface area contributed by atoms with Crippen molar-refractivity contribution in [3.8, 4) is 21.6 Å². The lowest BCUT2D eigenvalue weighted by molar-refractivity contribution is 0.802. The Balaban J connectivity index is 1.19. The fraction of sp³-hybridized carbons (Fsp3) is 0.0222. The molecule has 2 aliphatic carbocycles. The summed E-state index contributed by atoms with van der Waals surface area (Å²) in [7, 11) is 0. The van der Waals surface area contributed by atoms with E-state index in [0.29, 0.717) is 0 Å². The summed E-state index contributed by atoms with van der Waals surface area (Å²) in [6, 6.07) is 60.9. The molecule has 11 rings (SSSR count). The van der Waals surface area contributed by atoms with Crippen molar-refractivity contribution in [2.45, 2.75) is 5.41 Å². The van der Waals surface area contributed by atoms with Gasteiger partial charge in [0.25, 0.3) is 0 Å². The van der Waals surface area contributed by atoms with Crippen molar-refractivity contribution >= 4 is 70.0 Å². The summed E-state index contributed by atoms with van der Waals surface area (Å²) in [5.74, 6) is 0. The number of nitrogens with zero attached hydrogens (tertiary/aromatic N) is 1. The molecule has 0 aliphatic heterocycles. The van der Waals surface area contributed by atoms with E-state index in [4.69, 9.17) is 0 Å². The van der Waals surface area contributed by atoms with Gasteiger partial charge >= 0.3 is 0 Å². The number of hydrogen-bond donors (Lipinski definition) is 0. The van der Waals surface area contributed by atoms with E-state index in [1.807, 2.05) is 22.7 Å². The van der Waals surface area contributed by atoms with Gasteiger partial charge in [0.1, 0.15) is 0 Å². The molecule has 1 nitrogen and oxygen atoms in total.